The molecule has 4 rings (SSSR count). The van der Waals surface area contributed by atoms with Gasteiger partial charge in [-0.05, 0) is 69.1 Å². The number of amides is 1. The van der Waals surface area contributed by atoms with Crippen molar-refractivity contribution in [3.63, 3.8) is 0 Å². The normalized spacial score (nSPS) is 18.7. The minimum atomic E-state index is -3.80. The number of benzene rings is 1. The Bertz CT molecular complexity index is 1010. The third kappa shape index (κ3) is 5.16. The Morgan fingerprint density at radius 2 is 1.94 bits per heavy atom. The Morgan fingerprint density at radius 3 is 2.59 bits per heavy atom. The molecule has 8 nitrogen and oxygen atoms in total. The molecule has 2 N–H and O–H groups in total. The molecule has 174 valence electrons. The maximum absolute atomic E-state index is 13.0. The topological polar surface area (TPSA) is 101 Å². The lowest BCUT2D eigenvalue weighted by Gasteiger charge is -2.26. The molecule has 2 heterocycles. The molecule has 1 atom stereocenters. The van der Waals surface area contributed by atoms with Crippen LogP contribution in [0.25, 0.3) is 0 Å². The van der Waals surface area contributed by atoms with Crippen LogP contribution >= 0.6 is 0 Å². The predicted octanol–water partition coefficient (Wildman–Crippen LogP) is 3.08. The summed E-state index contributed by atoms with van der Waals surface area (Å²) in [6.07, 6.45) is 7.57. The first-order valence-electron chi connectivity index (χ1n) is 11.2. The number of carbonyl (C=O) groups excluding carboxylic acids is 1. The molecule has 1 saturated carbocycles. The summed E-state index contributed by atoms with van der Waals surface area (Å²) in [6.45, 7) is 2.29. The Morgan fingerprint density at radius 1 is 1.19 bits per heavy atom. The van der Waals surface area contributed by atoms with Gasteiger partial charge >= 0.3 is 0 Å². The van der Waals surface area contributed by atoms with E-state index in [1.165, 1.54) is 19.2 Å². The van der Waals surface area contributed by atoms with Gasteiger partial charge in [-0.1, -0.05) is 12.8 Å². The number of likely N-dealkylation sites (tertiary alicyclic amines) is 1. The third-order valence-corrected chi connectivity index (χ3v) is 7.84. The molecule has 1 aromatic carbocycles. The zero-order chi connectivity index (χ0) is 22.6. The molecular formula is C23H31N3O5S. The zero-order valence-corrected chi connectivity index (χ0v) is 19.2. The van der Waals surface area contributed by atoms with E-state index < -0.39 is 10.0 Å². The number of furan rings is 1. The summed E-state index contributed by atoms with van der Waals surface area (Å²) in [5, 5.41) is 2.96. The minimum Gasteiger partial charge on any atom is -0.495 e. The minimum absolute atomic E-state index is 0.0123. The van der Waals surface area contributed by atoms with Crippen molar-refractivity contribution in [3.8, 4) is 5.75 Å². The fraction of sp³-hybridized carbons (Fsp3) is 0.522. The van der Waals surface area contributed by atoms with Crippen molar-refractivity contribution in [1.29, 1.82) is 0 Å². The predicted molar refractivity (Wildman–Crippen MR) is 120 cm³/mol. The van der Waals surface area contributed by atoms with Gasteiger partial charge in [0.2, 0.25) is 10.0 Å². The lowest BCUT2D eigenvalue weighted by Crippen LogP contribution is -2.37. The van der Waals surface area contributed by atoms with Crippen LogP contribution in [0.1, 0.15) is 60.7 Å². The smallest absolute Gasteiger partial charge is 0.251 e. The van der Waals surface area contributed by atoms with Crippen LogP contribution in [0, 0.1) is 0 Å². The van der Waals surface area contributed by atoms with E-state index in [4.69, 9.17) is 9.15 Å². The second kappa shape index (κ2) is 10.1. The summed E-state index contributed by atoms with van der Waals surface area (Å²) in [6, 6.07) is 8.14. The summed E-state index contributed by atoms with van der Waals surface area (Å²) < 4.78 is 39.6. The molecule has 1 amide bonds. The number of methoxy groups -OCH3 is 1. The number of nitrogens with zero attached hydrogens (tertiary/aromatic N) is 1. The highest BCUT2D eigenvalue weighted by Gasteiger charge is 2.28. The molecule has 9 heteroatoms. The summed E-state index contributed by atoms with van der Waals surface area (Å²) in [7, 11) is -2.38. The Balaban J connectivity index is 1.50. The molecule has 1 unspecified atom stereocenters. The molecule has 1 aromatic heterocycles. The number of ether oxygens (including phenoxy) is 1. The molecule has 32 heavy (non-hydrogen) atoms. The lowest BCUT2D eigenvalue weighted by molar-refractivity contribution is 0.0933. The summed E-state index contributed by atoms with van der Waals surface area (Å²) in [5.74, 6) is 0.698. The first kappa shape index (κ1) is 22.8. The summed E-state index contributed by atoms with van der Waals surface area (Å²) >= 11 is 0. The van der Waals surface area contributed by atoms with Crippen molar-refractivity contribution in [1.82, 2.24) is 14.9 Å². The molecule has 2 aliphatic rings. The van der Waals surface area contributed by atoms with Gasteiger partial charge in [-0.2, -0.15) is 0 Å². The highest BCUT2D eigenvalue weighted by Crippen LogP contribution is 2.28. The van der Waals surface area contributed by atoms with Gasteiger partial charge in [0.25, 0.3) is 5.91 Å². The van der Waals surface area contributed by atoms with Gasteiger partial charge in [0.15, 0.2) is 0 Å². The second-order valence-electron chi connectivity index (χ2n) is 8.45. The van der Waals surface area contributed by atoms with Gasteiger partial charge in [-0.3, -0.25) is 9.69 Å². The van der Waals surface area contributed by atoms with Crippen LogP contribution in [0.4, 0.5) is 0 Å². The van der Waals surface area contributed by atoms with E-state index in [9.17, 15) is 13.2 Å². The van der Waals surface area contributed by atoms with Gasteiger partial charge in [-0.25, -0.2) is 13.1 Å². The number of hydrogen-bond acceptors (Lipinski definition) is 6. The quantitative estimate of drug-likeness (QED) is 0.595. The van der Waals surface area contributed by atoms with Crippen LogP contribution in [0.15, 0.2) is 45.9 Å². The fourth-order valence-corrected chi connectivity index (χ4v) is 6.09. The number of sulfonamides is 1. The van der Waals surface area contributed by atoms with E-state index in [1.54, 1.807) is 12.3 Å². The number of carbonyl (C=O) groups is 1. The number of nitrogens with one attached hydrogen (secondary N) is 2. The molecule has 1 aliphatic heterocycles. The lowest BCUT2D eigenvalue weighted by atomic mass is 10.1. The van der Waals surface area contributed by atoms with Gasteiger partial charge in [0.05, 0.1) is 19.4 Å². The Hall–Kier alpha value is -2.36. The highest BCUT2D eigenvalue weighted by atomic mass is 32.2. The number of rotatable bonds is 9. The maximum atomic E-state index is 13.0. The Kier molecular flexibility index (Phi) is 7.17. The van der Waals surface area contributed by atoms with Crippen LogP contribution in [0.3, 0.4) is 0 Å². The molecule has 1 aliphatic carbocycles. The Labute approximate surface area is 189 Å². The summed E-state index contributed by atoms with van der Waals surface area (Å²) in [5.41, 5.74) is 0.275. The van der Waals surface area contributed by atoms with Crippen molar-refractivity contribution < 1.29 is 22.4 Å². The average molecular weight is 462 g/mol. The van der Waals surface area contributed by atoms with Crippen molar-refractivity contribution in [2.75, 3.05) is 26.7 Å². The van der Waals surface area contributed by atoms with E-state index in [0.717, 1.165) is 57.4 Å². The third-order valence-electron chi connectivity index (χ3n) is 6.30. The molecule has 0 spiro atoms. The molecule has 0 bridgehead atoms. The monoisotopic (exact) mass is 461 g/mol. The first-order chi connectivity index (χ1) is 15.5. The fourth-order valence-electron chi connectivity index (χ4n) is 4.59. The van der Waals surface area contributed by atoms with Gasteiger partial charge in [-0.15, -0.1) is 0 Å². The summed E-state index contributed by atoms with van der Waals surface area (Å²) in [4.78, 5) is 15.2. The van der Waals surface area contributed by atoms with E-state index in [-0.39, 0.29) is 34.2 Å². The molecule has 0 radical (unpaired) electrons. The van der Waals surface area contributed by atoms with E-state index in [2.05, 4.69) is 14.9 Å². The van der Waals surface area contributed by atoms with E-state index in [0.29, 0.717) is 6.54 Å². The van der Waals surface area contributed by atoms with Crippen LogP contribution in [0.2, 0.25) is 0 Å². The van der Waals surface area contributed by atoms with E-state index in [1.807, 2.05) is 12.1 Å². The van der Waals surface area contributed by atoms with Gasteiger partial charge < -0.3 is 14.5 Å². The van der Waals surface area contributed by atoms with Crippen molar-refractivity contribution in [2.24, 2.45) is 0 Å². The van der Waals surface area contributed by atoms with E-state index >= 15 is 0 Å². The molecule has 1 saturated heterocycles. The van der Waals surface area contributed by atoms with Gasteiger partial charge in [0.1, 0.15) is 16.4 Å². The first-order valence-corrected chi connectivity index (χ1v) is 12.7. The second-order valence-corrected chi connectivity index (χ2v) is 10.1. The molecule has 2 aromatic rings. The molecular weight excluding hydrogens is 430 g/mol. The van der Waals surface area contributed by atoms with Crippen LogP contribution in [0.5, 0.6) is 5.75 Å². The van der Waals surface area contributed by atoms with Crippen LogP contribution in [-0.2, 0) is 10.0 Å². The van der Waals surface area contributed by atoms with Crippen molar-refractivity contribution >= 4 is 15.9 Å². The SMILES string of the molecule is COc1ccc(C(=O)NCC(c2ccco2)N2CCCC2)cc1S(=O)(=O)NC1CCCC1. The van der Waals surface area contributed by atoms with Gasteiger partial charge in [0, 0.05) is 18.2 Å². The van der Waals surface area contributed by atoms with Crippen LogP contribution in [-0.4, -0.2) is 52.0 Å². The van der Waals surface area contributed by atoms with Crippen molar-refractivity contribution in [2.45, 2.75) is 55.5 Å². The largest absolute Gasteiger partial charge is 0.495 e. The highest BCUT2D eigenvalue weighted by molar-refractivity contribution is 7.89. The number of hydrogen-bond donors (Lipinski definition) is 2. The average Bonchev–Trinajstić information content (AvgIpc) is 3.57. The zero-order valence-electron chi connectivity index (χ0n) is 18.4. The van der Waals surface area contributed by atoms with Crippen molar-refractivity contribution in [3.05, 3.63) is 47.9 Å². The maximum Gasteiger partial charge on any atom is 0.251 e. The molecule has 2 fully saturated rings. The van der Waals surface area contributed by atoms with Crippen LogP contribution < -0.4 is 14.8 Å². The standard InChI is InChI=1S/C23H31N3O5S/c1-30-21-11-10-17(15-22(21)32(28,29)25-18-7-2-3-8-18)23(27)24-16-19(20-9-6-14-31-20)26-12-4-5-13-26/h6,9-11,14-15,18-19,25H,2-5,7-8,12-13,16H2,1H3,(H,24,27).